The van der Waals surface area contributed by atoms with Crippen molar-refractivity contribution in [2.75, 3.05) is 6.54 Å². The number of carbonyl (C=O) groups is 1. The normalized spacial score (nSPS) is 19.4. The summed E-state index contributed by atoms with van der Waals surface area (Å²) in [5.41, 5.74) is 6.97. The van der Waals surface area contributed by atoms with Gasteiger partial charge in [-0.2, -0.15) is 0 Å². The van der Waals surface area contributed by atoms with Crippen molar-refractivity contribution < 1.29 is 18.0 Å². The monoisotopic (exact) mass is 433 g/mol. The number of hydrogen-bond donors (Lipinski definition) is 4. The number of hydrazine groups is 1. The standard InChI is InChI=1S/C22H26F3N5O/c1-22(2,3)12-26-21(28-20(31)14-6-9-16(24)17(25)10-14)27-19-11-18(29-30-19)13-4-7-15(23)8-5-13/h4-10,18-19,29-30H,11-12H2,1-3H3,(H2,26,27,28,31). The predicted molar refractivity (Wildman–Crippen MR) is 113 cm³/mol. The van der Waals surface area contributed by atoms with Crippen LogP contribution in [0.1, 0.15) is 49.2 Å². The van der Waals surface area contributed by atoms with Crippen molar-refractivity contribution in [3.05, 3.63) is 71.0 Å². The van der Waals surface area contributed by atoms with Gasteiger partial charge >= 0.3 is 0 Å². The van der Waals surface area contributed by atoms with Crippen LogP contribution in [0.3, 0.4) is 0 Å². The second-order valence-corrected chi connectivity index (χ2v) is 8.63. The lowest BCUT2D eigenvalue weighted by atomic mass is 9.97. The highest BCUT2D eigenvalue weighted by atomic mass is 19.2. The van der Waals surface area contributed by atoms with Crippen LogP contribution in [0.5, 0.6) is 0 Å². The molecule has 1 saturated heterocycles. The highest BCUT2D eigenvalue weighted by molar-refractivity contribution is 6.05. The van der Waals surface area contributed by atoms with E-state index in [1.807, 2.05) is 20.8 Å². The number of guanidine groups is 1. The third kappa shape index (κ3) is 6.53. The molecule has 0 bridgehead atoms. The fraction of sp³-hybridized carbons (Fsp3) is 0.364. The van der Waals surface area contributed by atoms with Crippen LogP contribution in [0.4, 0.5) is 13.2 Å². The fourth-order valence-electron chi connectivity index (χ4n) is 2.98. The average Bonchev–Trinajstić information content (AvgIpc) is 3.16. The van der Waals surface area contributed by atoms with Gasteiger partial charge in [0, 0.05) is 24.6 Å². The number of benzene rings is 2. The lowest BCUT2D eigenvalue weighted by molar-refractivity contribution is 0.0974. The third-order valence-corrected chi connectivity index (χ3v) is 4.61. The Bertz CT molecular complexity index is 957. The number of carbonyl (C=O) groups excluding carboxylic acids is 1. The first-order chi connectivity index (χ1) is 14.6. The molecular weight excluding hydrogens is 407 g/mol. The van der Waals surface area contributed by atoms with E-state index >= 15 is 0 Å². The van der Waals surface area contributed by atoms with E-state index in [1.54, 1.807) is 12.1 Å². The SMILES string of the molecule is CC(C)(C)CN=C(NC(=O)c1ccc(F)c(F)c1)NC1CC(c2ccc(F)cc2)NN1. The van der Waals surface area contributed by atoms with Crippen LogP contribution in [-0.2, 0) is 0 Å². The van der Waals surface area contributed by atoms with Gasteiger partial charge in [0.1, 0.15) is 5.82 Å². The van der Waals surface area contributed by atoms with Gasteiger partial charge in [0.05, 0.1) is 6.17 Å². The number of nitrogens with zero attached hydrogens (tertiary/aromatic N) is 1. The molecular formula is C22H26F3N5O. The van der Waals surface area contributed by atoms with E-state index in [9.17, 15) is 18.0 Å². The molecule has 2 aromatic carbocycles. The molecule has 0 saturated carbocycles. The Morgan fingerprint density at radius 1 is 1.06 bits per heavy atom. The largest absolute Gasteiger partial charge is 0.339 e. The van der Waals surface area contributed by atoms with Crippen LogP contribution in [0.25, 0.3) is 0 Å². The number of halogens is 3. The number of rotatable bonds is 4. The van der Waals surface area contributed by atoms with E-state index in [4.69, 9.17) is 0 Å². The van der Waals surface area contributed by atoms with Gasteiger partial charge in [-0.3, -0.25) is 15.1 Å². The van der Waals surface area contributed by atoms with Gasteiger partial charge < -0.3 is 5.32 Å². The summed E-state index contributed by atoms with van der Waals surface area (Å²) in [6.45, 7) is 6.44. The van der Waals surface area contributed by atoms with Gasteiger partial charge in [0.15, 0.2) is 17.6 Å². The molecule has 31 heavy (non-hydrogen) atoms. The topological polar surface area (TPSA) is 77.5 Å². The molecule has 1 aliphatic rings. The van der Waals surface area contributed by atoms with Crippen molar-refractivity contribution in [2.45, 2.75) is 39.4 Å². The van der Waals surface area contributed by atoms with Crippen molar-refractivity contribution >= 4 is 11.9 Å². The summed E-state index contributed by atoms with van der Waals surface area (Å²) in [7, 11) is 0. The summed E-state index contributed by atoms with van der Waals surface area (Å²) >= 11 is 0. The highest BCUT2D eigenvalue weighted by Gasteiger charge is 2.26. The molecule has 9 heteroatoms. The van der Waals surface area contributed by atoms with Gasteiger partial charge in [-0.15, -0.1) is 0 Å². The van der Waals surface area contributed by atoms with Crippen molar-refractivity contribution in [3.63, 3.8) is 0 Å². The molecule has 166 valence electrons. The summed E-state index contributed by atoms with van der Waals surface area (Å²) in [6.07, 6.45) is 0.320. The van der Waals surface area contributed by atoms with E-state index < -0.39 is 17.5 Å². The van der Waals surface area contributed by atoms with Crippen molar-refractivity contribution in [2.24, 2.45) is 10.4 Å². The van der Waals surface area contributed by atoms with E-state index in [0.29, 0.717) is 13.0 Å². The van der Waals surface area contributed by atoms with Crippen molar-refractivity contribution in [3.8, 4) is 0 Å². The number of hydrogen-bond acceptors (Lipinski definition) is 4. The molecule has 0 aliphatic carbocycles. The van der Waals surface area contributed by atoms with Gasteiger partial charge in [-0.25, -0.2) is 24.0 Å². The minimum atomic E-state index is -1.10. The average molecular weight is 433 g/mol. The lowest BCUT2D eigenvalue weighted by Crippen LogP contribution is -2.50. The predicted octanol–water partition coefficient (Wildman–Crippen LogP) is 3.39. The zero-order chi connectivity index (χ0) is 22.6. The second-order valence-electron chi connectivity index (χ2n) is 8.63. The number of amides is 1. The molecule has 4 N–H and O–H groups in total. The van der Waals surface area contributed by atoms with Crippen LogP contribution >= 0.6 is 0 Å². The van der Waals surface area contributed by atoms with E-state index in [0.717, 1.165) is 17.7 Å². The zero-order valence-corrected chi connectivity index (χ0v) is 17.6. The molecule has 1 fully saturated rings. The Morgan fingerprint density at radius 2 is 1.77 bits per heavy atom. The summed E-state index contributed by atoms with van der Waals surface area (Å²) in [5.74, 6) is -2.83. The summed E-state index contributed by atoms with van der Waals surface area (Å²) < 4.78 is 39.8. The van der Waals surface area contributed by atoms with Crippen molar-refractivity contribution in [1.29, 1.82) is 0 Å². The lowest BCUT2D eigenvalue weighted by Gasteiger charge is -2.20. The van der Waals surface area contributed by atoms with Crippen LogP contribution in [-0.4, -0.2) is 24.6 Å². The summed E-state index contributed by atoms with van der Waals surface area (Å²) in [5, 5.41) is 5.76. The maximum atomic E-state index is 13.5. The minimum absolute atomic E-state index is 0.0224. The molecule has 2 atom stereocenters. The molecule has 1 amide bonds. The maximum absolute atomic E-state index is 13.5. The number of aliphatic imine (C=N–C) groups is 1. The quantitative estimate of drug-likeness (QED) is 0.440. The van der Waals surface area contributed by atoms with Gasteiger partial charge in [0.2, 0.25) is 0 Å². The number of nitrogens with one attached hydrogen (secondary N) is 4. The molecule has 3 rings (SSSR count). The fourth-order valence-corrected chi connectivity index (χ4v) is 2.98. The molecule has 0 spiro atoms. The van der Waals surface area contributed by atoms with Crippen LogP contribution in [0.2, 0.25) is 0 Å². The minimum Gasteiger partial charge on any atom is -0.339 e. The molecule has 1 aliphatic heterocycles. The van der Waals surface area contributed by atoms with Gasteiger partial charge in [0.25, 0.3) is 5.91 Å². The second kappa shape index (κ2) is 9.49. The van der Waals surface area contributed by atoms with E-state index in [1.165, 1.54) is 18.2 Å². The molecule has 2 aromatic rings. The molecule has 0 aromatic heterocycles. The van der Waals surface area contributed by atoms with E-state index in [2.05, 4.69) is 26.5 Å². The Hall–Kier alpha value is -2.91. The van der Waals surface area contributed by atoms with Gasteiger partial charge in [-0.05, 0) is 41.3 Å². The first-order valence-corrected chi connectivity index (χ1v) is 9.95. The van der Waals surface area contributed by atoms with Crippen LogP contribution in [0, 0.1) is 22.9 Å². The Morgan fingerprint density at radius 3 is 2.42 bits per heavy atom. The van der Waals surface area contributed by atoms with Crippen molar-refractivity contribution in [1.82, 2.24) is 21.5 Å². The first-order valence-electron chi connectivity index (χ1n) is 9.95. The Balaban J connectivity index is 1.69. The van der Waals surface area contributed by atoms with E-state index in [-0.39, 0.29) is 35.0 Å². The summed E-state index contributed by atoms with van der Waals surface area (Å²) in [6, 6.07) is 9.09. The highest BCUT2D eigenvalue weighted by Crippen LogP contribution is 2.21. The molecule has 6 nitrogen and oxygen atoms in total. The smallest absolute Gasteiger partial charge is 0.258 e. The maximum Gasteiger partial charge on any atom is 0.258 e. The summed E-state index contributed by atoms with van der Waals surface area (Å²) in [4.78, 5) is 17.0. The van der Waals surface area contributed by atoms with Crippen LogP contribution in [0.15, 0.2) is 47.5 Å². The van der Waals surface area contributed by atoms with Crippen LogP contribution < -0.4 is 21.5 Å². The Labute approximate surface area is 179 Å². The molecule has 2 unspecified atom stereocenters. The van der Waals surface area contributed by atoms with Gasteiger partial charge in [-0.1, -0.05) is 32.9 Å². The Kier molecular flexibility index (Phi) is 6.97. The zero-order valence-electron chi connectivity index (χ0n) is 17.6. The molecule has 1 heterocycles. The third-order valence-electron chi connectivity index (χ3n) is 4.61. The first kappa shape index (κ1) is 22.8. The molecule has 0 radical (unpaired) electrons.